The molecule has 0 radical (unpaired) electrons. The Morgan fingerprint density at radius 2 is 2.24 bits per heavy atom. The van der Waals surface area contributed by atoms with Crippen LogP contribution in [-0.4, -0.2) is 27.9 Å². The maximum Gasteiger partial charge on any atom is 0.159 e. The van der Waals surface area contributed by atoms with E-state index in [-0.39, 0.29) is 6.04 Å². The fourth-order valence-corrected chi connectivity index (χ4v) is 3.02. The molecule has 4 N–H and O–H groups in total. The van der Waals surface area contributed by atoms with Crippen molar-refractivity contribution in [3.63, 3.8) is 0 Å². The molecule has 17 heavy (non-hydrogen) atoms. The summed E-state index contributed by atoms with van der Waals surface area (Å²) in [6.45, 7) is 0. The zero-order valence-electron chi connectivity index (χ0n) is 9.24. The third kappa shape index (κ3) is 3.98. The van der Waals surface area contributed by atoms with Crippen molar-refractivity contribution in [1.82, 2.24) is 0 Å². The van der Waals surface area contributed by atoms with Crippen molar-refractivity contribution in [1.29, 1.82) is 0 Å². The van der Waals surface area contributed by atoms with E-state index in [1.54, 1.807) is 11.8 Å². The molecule has 1 aliphatic rings. The average molecular weight is 266 g/mol. The quantitative estimate of drug-likeness (QED) is 0.646. The molecular weight excluding hydrogens is 252 g/mol. The molecule has 0 spiro atoms. The molecule has 0 bridgehead atoms. The SMILES string of the molecule is NC(=Nc1ccccc1)SCC1CSC(N)=N1. The van der Waals surface area contributed by atoms with Crippen LogP contribution in [0.5, 0.6) is 0 Å². The largest absolute Gasteiger partial charge is 0.379 e. The molecule has 4 nitrogen and oxygen atoms in total. The van der Waals surface area contributed by atoms with Gasteiger partial charge in [0.05, 0.1) is 11.7 Å². The summed E-state index contributed by atoms with van der Waals surface area (Å²) in [5.74, 6) is 1.77. The van der Waals surface area contributed by atoms with Crippen molar-refractivity contribution < 1.29 is 0 Å². The van der Waals surface area contributed by atoms with Crippen LogP contribution in [0.25, 0.3) is 0 Å². The lowest BCUT2D eigenvalue weighted by molar-refractivity contribution is 0.879. The van der Waals surface area contributed by atoms with E-state index in [1.165, 1.54) is 11.8 Å². The molecule has 6 heteroatoms. The third-order valence-corrected chi connectivity index (χ3v) is 4.04. The molecule has 1 aliphatic heterocycles. The first-order valence-corrected chi connectivity index (χ1v) is 7.19. The lowest BCUT2D eigenvalue weighted by Crippen LogP contribution is -2.14. The van der Waals surface area contributed by atoms with E-state index in [9.17, 15) is 0 Å². The predicted octanol–water partition coefficient (Wildman–Crippen LogP) is 1.80. The summed E-state index contributed by atoms with van der Waals surface area (Å²) in [5.41, 5.74) is 12.3. The number of nitrogens with two attached hydrogens (primary N) is 2. The Labute approximate surface area is 109 Å². The topological polar surface area (TPSA) is 76.8 Å². The first-order valence-electron chi connectivity index (χ1n) is 5.22. The van der Waals surface area contributed by atoms with Crippen LogP contribution < -0.4 is 11.5 Å². The molecule has 0 aromatic heterocycles. The summed E-state index contributed by atoms with van der Waals surface area (Å²) >= 11 is 3.12. The van der Waals surface area contributed by atoms with E-state index in [2.05, 4.69) is 9.98 Å². The molecular formula is C11H14N4S2. The predicted molar refractivity (Wildman–Crippen MR) is 78.1 cm³/mol. The Morgan fingerprint density at radius 1 is 1.47 bits per heavy atom. The first-order chi connectivity index (χ1) is 8.24. The first kappa shape index (κ1) is 12.3. The summed E-state index contributed by atoms with van der Waals surface area (Å²) in [5, 5.41) is 1.25. The minimum Gasteiger partial charge on any atom is -0.379 e. The molecule has 1 unspecified atom stereocenters. The Bertz CT molecular complexity index is 430. The van der Waals surface area contributed by atoms with Crippen molar-refractivity contribution in [3.8, 4) is 0 Å². The highest BCUT2D eigenvalue weighted by Crippen LogP contribution is 2.19. The summed E-state index contributed by atoms with van der Waals surface area (Å²) in [6, 6.07) is 9.94. The average Bonchev–Trinajstić information content (AvgIpc) is 2.74. The Hall–Kier alpha value is -1.14. The van der Waals surface area contributed by atoms with Crippen LogP contribution >= 0.6 is 23.5 Å². The van der Waals surface area contributed by atoms with Crippen molar-refractivity contribution in [3.05, 3.63) is 30.3 Å². The number of amidine groups is 2. The van der Waals surface area contributed by atoms with E-state index >= 15 is 0 Å². The summed E-state index contributed by atoms with van der Waals surface area (Å²) in [6.07, 6.45) is 0. The number of thioether (sulfide) groups is 2. The Kier molecular flexibility index (Phi) is 4.33. The zero-order valence-corrected chi connectivity index (χ0v) is 10.9. The van der Waals surface area contributed by atoms with Crippen LogP contribution in [0.4, 0.5) is 5.69 Å². The molecule has 1 heterocycles. The molecule has 0 fully saturated rings. The van der Waals surface area contributed by atoms with Crippen molar-refractivity contribution in [2.24, 2.45) is 21.5 Å². The van der Waals surface area contributed by atoms with Crippen molar-refractivity contribution in [2.75, 3.05) is 11.5 Å². The lowest BCUT2D eigenvalue weighted by Gasteiger charge is -2.04. The van der Waals surface area contributed by atoms with E-state index < -0.39 is 0 Å². The fourth-order valence-electron chi connectivity index (χ4n) is 1.37. The van der Waals surface area contributed by atoms with Gasteiger partial charge in [-0.1, -0.05) is 41.7 Å². The number of para-hydroxylation sites is 1. The molecule has 0 aliphatic carbocycles. The Balaban J connectivity index is 1.85. The van der Waals surface area contributed by atoms with Gasteiger partial charge in [-0.15, -0.1) is 0 Å². The number of rotatable bonds is 3. The molecule has 1 atom stereocenters. The molecule has 0 saturated carbocycles. The van der Waals surface area contributed by atoms with Crippen LogP contribution in [0, 0.1) is 0 Å². The number of hydrogen-bond acceptors (Lipinski definition) is 5. The number of benzene rings is 1. The molecule has 2 rings (SSSR count). The van der Waals surface area contributed by atoms with Crippen molar-refractivity contribution >= 4 is 39.5 Å². The van der Waals surface area contributed by atoms with E-state index in [1.807, 2.05) is 30.3 Å². The maximum absolute atomic E-state index is 5.84. The van der Waals surface area contributed by atoms with Crippen molar-refractivity contribution in [2.45, 2.75) is 6.04 Å². The second kappa shape index (κ2) is 5.97. The van der Waals surface area contributed by atoms with Gasteiger partial charge in [0, 0.05) is 11.5 Å². The second-order valence-electron chi connectivity index (χ2n) is 3.53. The lowest BCUT2D eigenvalue weighted by atomic mass is 10.3. The standard InChI is InChI=1S/C11H14N4S2/c12-10(14-8-4-2-1-3-5-8)16-6-9-7-17-11(13)15-9/h1-5,9H,6-7H2,(H2,12,14)(H2,13,15). The molecule has 0 saturated heterocycles. The molecule has 0 amide bonds. The van der Waals surface area contributed by atoms with E-state index in [0.29, 0.717) is 10.3 Å². The number of aliphatic imine (C=N–C) groups is 2. The minimum atomic E-state index is 0.259. The van der Waals surface area contributed by atoms with Gasteiger partial charge in [-0.05, 0) is 12.1 Å². The van der Waals surface area contributed by atoms with Gasteiger partial charge in [-0.2, -0.15) is 0 Å². The van der Waals surface area contributed by atoms with Gasteiger partial charge in [0.1, 0.15) is 0 Å². The van der Waals surface area contributed by atoms with Gasteiger partial charge < -0.3 is 11.5 Å². The minimum absolute atomic E-state index is 0.259. The van der Waals surface area contributed by atoms with Crippen LogP contribution in [-0.2, 0) is 0 Å². The van der Waals surface area contributed by atoms with Gasteiger partial charge in [-0.3, -0.25) is 4.99 Å². The fraction of sp³-hybridized carbons (Fsp3) is 0.273. The molecule has 90 valence electrons. The van der Waals surface area contributed by atoms with Gasteiger partial charge in [0.25, 0.3) is 0 Å². The number of nitrogens with zero attached hydrogens (tertiary/aromatic N) is 2. The van der Waals surface area contributed by atoms with Gasteiger partial charge in [0.15, 0.2) is 10.3 Å². The van der Waals surface area contributed by atoms with E-state index in [4.69, 9.17) is 11.5 Å². The Morgan fingerprint density at radius 3 is 2.88 bits per heavy atom. The van der Waals surface area contributed by atoms with Crippen LogP contribution in [0.15, 0.2) is 40.3 Å². The van der Waals surface area contributed by atoms with Crippen LogP contribution in [0.1, 0.15) is 0 Å². The highest BCUT2D eigenvalue weighted by Gasteiger charge is 2.16. The van der Waals surface area contributed by atoms with Gasteiger partial charge in [0.2, 0.25) is 0 Å². The van der Waals surface area contributed by atoms with E-state index in [0.717, 1.165) is 17.2 Å². The summed E-state index contributed by atoms with van der Waals surface area (Å²) < 4.78 is 0. The summed E-state index contributed by atoms with van der Waals surface area (Å²) in [4.78, 5) is 8.60. The van der Waals surface area contributed by atoms with Crippen LogP contribution in [0.2, 0.25) is 0 Å². The highest BCUT2D eigenvalue weighted by atomic mass is 32.2. The molecule has 1 aromatic rings. The smallest absolute Gasteiger partial charge is 0.159 e. The van der Waals surface area contributed by atoms with Crippen LogP contribution in [0.3, 0.4) is 0 Å². The monoisotopic (exact) mass is 266 g/mol. The maximum atomic E-state index is 5.84. The normalized spacial score (nSPS) is 20.4. The van der Waals surface area contributed by atoms with Gasteiger partial charge >= 0.3 is 0 Å². The second-order valence-corrected chi connectivity index (χ2v) is 5.61. The van der Waals surface area contributed by atoms with Gasteiger partial charge in [-0.25, -0.2) is 4.99 Å². The highest BCUT2D eigenvalue weighted by molar-refractivity contribution is 8.15. The molecule has 1 aromatic carbocycles. The number of hydrogen-bond donors (Lipinski definition) is 2. The summed E-state index contributed by atoms with van der Waals surface area (Å²) in [7, 11) is 0. The third-order valence-electron chi connectivity index (χ3n) is 2.15. The zero-order chi connectivity index (χ0) is 12.1.